The number of hydrogen-bond donors (Lipinski definition) is 0. The lowest BCUT2D eigenvalue weighted by atomic mass is 9.97. The Bertz CT molecular complexity index is 327. The fraction of sp³-hybridized carbons (Fsp3) is 0.333. The van der Waals surface area contributed by atoms with E-state index in [1.165, 1.54) is 6.92 Å². The number of rotatable bonds is 4. The predicted molar refractivity (Wildman–Crippen MR) is 55.2 cm³/mol. The second kappa shape index (κ2) is 4.70. The fourth-order valence-electron chi connectivity index (χ4n) is 1.16. The van der Waals surface area contributed by atoms with Crippen LogP contribution in [0.1, 0.15) is 30.6 Å². The molecule has 0 unspecified atom stereocenters. The lowest BCUT2D eigenvalue weighted by Gasteiger charge is -2.05. The van der Waals surface area contributed by atoms with Crippen LogP contribution < -0.4 is 0 Å². The van der Waals surface area contributed by atoms with Gasteiger partial charge in [0.1, 0.15) is 5.78 Å². The van der Waals surface area contributed by atoms with E-state index in [-0.39, 0.29) is 17.5 Å². The van der Waals surface area contributed by atoms with Crippen LogP contribution in [0.4, 0.5) is 0 Å². The van der Waals surface area contributed by atoms with Crippen LogP contribution >= 0.6 is 0 Å². The molecule has 2 heteroatoms. The molecule has 1 aromatic carbocycles. The Morgan fingerprint density at radius 1 is 1.21 bits per heavy atom. The first-order chi connectivity index (χ1) is 6.61. The Balaban J connectivity index is 2.64. The molecule has 0 saturated carbocycles. The largest absolute Gasteiger partial charge is 0.300 e. The minimum absolute atomic E-state index is 0.0355. The maximum atomic E-state index is 11.6. The van der Waals surface area contributed by atoms with Gasteiger partial charge in [-0.05, 0) is 6.92 Å². The number of hydrogen-bond acceptors (Lipinski definition) is 2. The SMILES string of the molecule is CC(=O)[C@H](C)CC(=O)c1ccccc1. The zero-order valence-corrected chi connectivity index (χ0v) is 8.49. The highest BCUT2D eigenvalue weighted by molar-refractivity contribution is 5.98. The van der Waals surface area contributed by atoms with Gasteiger partial charge in [-0.15, -0.1) is 0 Å². The van der Waals surface area contributed by atoms with Gasteiger partial charge in [-0.25, -0.2) is 0 Å². The summed E-state index contributed by atoms with van der Waals surface area (Å²) >= 11 is 0. The molecular weight excluding hydrogens is 176 g/mol. The van der Waals surface area contributed by atoms with E-state index in [1.54, 1.807) is 19.1 Å². The summed E-state index contributed by atoms with van der Waals surface area (Å²) < 4.78 is 0. The molecule has 1 atom stereocenters. The Kier molecular flexibility index (Phi) is 3.57. The van der Waals surface area contributed by atoms with Crippen molar-refractivity contribution < 1.29 is 9.59 Å². The molecule has 0 amide bonds. The van der Waals surface area contributed by atoms with Crippen molar-refractivity contribution in [2.45, 2.75) is 20.3 Å². The number of carbonyl (C=O) groups excluding carboxylic acids is 2. The highest BCUT2D eigenvalue weighted by Crippen LogP contribution is 2.10. The summed E-state index contributed by atoms with van der Waals surface area (Å²) in [6.45, 7) is 3.30. The van der Waals surface area contributed by atoms with E-state index < -0.39 is 0 Å². The van der Waals surface area contributed by atoms with Gasteiger partial charge in [0.25, 0.3) is 0 Å². The van der Waals surface area contributed by atoms with E-state index in [4.69, 9.17) is 0 Å². The van der Waals surface area contributed by atoms with E-state index in [9.17, 15) is 9.59 Å². The number of benzene rings is 1. The smallest absolute Gasteiger partial charge is 0.163 e. The first-order valence-electron chi connectivity index (χ1n) is 4.70. The molecule has 0 aliphatic carbocycles. The van der Waals surface area contributed by atoms with E-state index >= 15 is 0 Å². The van der Waals surface area contributed by atoms with Gasteiger partial charge in [-0.3, -0.25) is 9.59 Å². The topological polar surface area (TPSA) is 34.1 Å². The Labute approximate surface area is 83.9 Å². The van der Waals surface area contributed by atoms with Crippen LogP contribution in [0.25, 0.3) is 0 Å². The van der Waals surface area contributed by atoms with Crippen molar-refractivity contribution in [1.29, 1.82) is 0 Å². The molecule has 0 aliphatic rings. The van der Waals surface area contributed by atoms with Crippen molar-refractivity contribution in [2.75, 3.05) is 0 Å². The molecule has 2 nitrogen and oxygen atoms in total. The van der Waals surface area contributed by atoms with Gasteiger partial charge in [0.05, 0.1) is 0 Å². The zero-order chi connectivity index (χ0) is 10.6. The lowest BCUT2D eigenvalue weighted by Crippen LogP contribution is -2.12. The average Bonchev–Trinajstić information content (AvgIpc) is 2.19. The fourth-order valence-corrected chi connectivity index (χ4v) is 1.16. The van der Waals surface area contributed by atoms with Gasteiger partial charge in [0.2, 0.25) is 0 Å². The minimum Gasteiger partial charge on any atom is -0.300 e. The standard InChI is InChI=1S/C12H14O2/c1-9(10(2)13)8-12(14)11-6-4-3-5-7-11/h3-7,9H,8H2,1-2H3/t9-/m1/s1. The van der Waals surface area contributed by atoms with E-state index in [1.807, 2.05) is 18.2 Å². The molecule has 0 heterocycles. The second-order valence-electron chi connectivity index (χ2n) is 3.51. The number of Topliss-reactive ketones (excluding diaryl/α,β-unsaturated/α-hetero) is 2. The van der Waals surface area contributed by atoms with Crippen LogP contribution in [0.3, 0.4) is 0 Å². The molecule has 74 valence electrons. The third kappa shape index (κ3) is 2.80. The van der Waals surface area contributed by atoms with Crippen molar-refractivity contribution in [3.63, 3.8) is 0 Å². The van der Waals surface area contributed by atoms with Crippen molar-refractivity contribution in [2.24, 2.45) is 5.92 Å². The van der Waals surface area contributed by atoms with Gasteiger partial charge in [-0.2, -0.15) is 0 Å². The maximum Gasteiger partial charge on any atom is 0.163 e. The normalized spacial score (nSPS) is 12.1. The number of carbonyl (C=O) groups is 2. The summed E-state index contributed by atoms with van der Waals surface area (Å²) in [6.07, 6.45) is 0.305. The first kappa shape index (κ1) is 10.6. The van der Waals surface area contributed by atoms with Crippen molar-refractivity contribution >= 4 is 11.6 Å². The Morgan fingerprint density at radius 2 is 1.79 bits per heavy atom. The average molecular weight is 190 g/mol. The summed E-state index contributed by atoms with van der Waals surface area (Å²) in [7, 11) is 0. The molecule has 0 radical (unpaired) electrons. The summed E-state index contributed by atoms with van der Waals surface area (Å²) in [4.78, 5) is 22.6. The molecule has 0 bridgehead atoms. The Morgan fingerprint density at radius 3 is 2.29 bits per heavy atom. The molecule has 1 aromatic rings. The minimum atomic E-state index is -0.178. The molecule has 0 aromatic heterocycles. The predicted octanol–water partition coefficient (Wildman–Crippen LogP) is 2.48. The Hall–Kier alpha value is -1.44. The summed E-state index contributed by atoms with van der Waals surface area (Å²) in [5, 5.41) is 0. The highest BCUT2D eigenvalue weighted by atomic mass is 16.1. The first-order valence-corrected chi connectivity index (χ1v) is 4.70. The highest BCUT2D eigenvalue weighted by Gasteiger charge is 2.13. The monoisotopic (exact) mass is 190 g/mol. The molecule has 14 heavy (non-hydrogen) atoms. The van der Waals surface area contributed by atoms with Crippen LogP contribution in [0.15, 0.2) is 30.3 Å². The van der Waals surface area contributed by atoms with Crippen LogP contribution in [0, 0.1) is 5.92 Å². The van der Waals surface area contributed by atoms with Gasteiger partial charge >= 0.3 is 0 Å². The summed E-state index contributed by atoms with van der Waals surface area (Å²) in [6, 6.07) is 9.06. The second-order valence-corrected chi connectivity index (χ2v) is 3.51. The van der Waals surface area contributed by atoms with E-state index in [2.05, 4.69) is 0 Å². The molecule has 0 fully saturated rings. The van der Waals surface area contributed by atoms with Crippen LogP contribution in [0.5, 0.6) is 0 Å². The van der Waals surface area contributed by atoms with Crippen LogP contribution in [0.2, 0.25) is 0 Å². The maximum absolute atomic E-state index is 11.6. The van der Waals surface area contributed by atoms with Gasteiger partial charge < -0.3 is 0 Å². The summed E-state index contributed by atoms with van der Waals surface area (Å²) in [5.41, 5.74) is 0.681. The van der Waals surface area contributed by atoms with Gasteiger partial charge in [-0.1, -0.05) is 37.3 Å². The van der Waals surface area contributed by atoms with Crippen molar-refractivity contribution in [3.8, 4) is 0 Å². The third-order valence-corrected chi connectivity index (χ3v) is 2.28. The molecular formula is C12H14O2. The van der Waals surface area contributed by atoms with Crippen molar-refractivity contribution in [3.05, 3.63) is 35.9 Å². The molecule has 0 aliphatic heterocycles. The summed E-state index contributed by atoms with van der Waals surface area (Å²) in [5.74, 6) is -0.0784. The molecule has 0 saturated heterocycles. The van der Waals surface area contributed by atoms with Gasteiger partial charge in [0, 0.05) is 17.9 Å². The van der Waals surface area contributed by atoms with Crippen molar-refractivity contribution in [1.82, 2.24) is 0 Å². The van der Waals surface area contributed by atoms with E-state index in [0.29, 0.717) is 12.0 Å². The molecule has 0 N–H and O–H groups in total. The zero-order valence-electron chi connectivity index (χ0n) is 8.49. The quantitative estimate of drug-likeness (QED) is 0.683. The lowest BCUT2D eigenvalue weighted by molar-refractivity contribution is -0.120. The van der Waals surface area contributed by atoms with Gasteiger partial charge in [0.15, 0.2) is 5.78 Å². The van der Waals surface area contributed by atoms with Crippen LogP contribution in [-0.2, 0) is 4.79 Å². The third-order valence-electron chi connectivity index (χ3n) is 2.28. The van der Waals surface area contributed by atoms with E-state index in [0.717, 1.165) is 0 Å². The molecule has 1 rings (SSSR count). The number of ketones is 2. The van der Waals surface area contributed by atoms with Crippen LogP contribution in [-0.4, -0.2) is 11.6 Å². The molecule has 0 spiro atoms.